The molecular weight excluding hydrogens is 268 g/mol. The van der Waals surface area contributed by atoms with Crippen LogP contribution in [0.2, 0.25) is 0 Å². The summed E-state index contributed by atoms with van der Waals surface area (Å²) < 4.78 is 0. The standard InChI is InChI=1S/C16H24N2OS/c1-4-16(5-2,14(17)20)15(19)18-11-10-13-9-7-6-8-12(13)3/h6-9H,4-5,10-11H2,1-3H3,(H2,17,20)(H,18,19). The third-order valence-electron chi connectivity index (χ3n) is 4.05. The van der Waals surface area contributed by atoms with Gasteiger partial charge in [0.1, 0.15) is 0 Å². The van der Waals surface area contributed by atoms with Crippen molar-refractivity contribution >= 4 is 23.1 Å². The Kier molecular flexibility index (Phi) is 6.14. The SMILES string of the molecule is CCC(CC)(C(=O)NCCc1ccccc1C)C(N)=S. The number of nitrogens with two attached hydrogens (primary N) is 1. The number of amides is 1. The van der Waals surface area contributed by atoms with E-state index in [-0.39, 0.29) is 10.9 Å². The predicted octanol–water partition coefficient (Wildman–Crippen LogP) is 2.75. The van der Waals surface area contributed by atoms with Crippen LogP contribution in [0.3, 0.4) is 0 Å². The number of aryl methyl sites for hydroxylation is 1. The van der Waals surface area contributed by atoms with Gasteiger partial charge in [-0.1, -0.05) is 50.3 Å². The molecule has 0 aromatic heterocycles. The molecule has 1 rings (SSSR count). The average molecular weight is 292 g/mol. The quantitative estimate of drug-likeness (QED) is 0.760. The maximum absolute atomic E-state index is 12.4. The summed E-state index contributed by atoms with van der Waals surface area (Å²) in [6, 6.07) is 8.20. The number of benzene rings is 1. The highest BCUT2D eigenvalue weighted by molar-refractivity contribution is 7.80. The van der Waals surface area contributed by atoms with Crippen LogP contribution in [0.15, 0.2) is 24.3 Å². The molecule has 110 valence electrons. The van der Waals surface area contributed by atoms with Crippen LogP contribution in [0.1, 0.15) is 37.8 Å². The van der Waals surface area contributed by atoms with Crippen molar-refractivity contribution in [3.63, 3.8) is 0 Å². The third kappa shape index (κ3) is 3.57. The fourth-order valence-corrected chi connectivity index (χ4v) is 2.78. The summed E-state index contributed by atoms with van der Waals surface area (Å²) in [5, 5.41) is 2.98. The van der Waals surface area contributed by atoms with E-state index in [0.29, 0.717) is 19.4 Å². The summed E-state index contributed by atoms with van der Waals surface area (Å²) in [5.74, 6) is -0.0522. The van der Waals surface area contributed by atoms with Crippen LogP contribution in [-0.4, -0.2) is 17.4 Å². The normalized spacial score (nSPS) is 11.2. The molecule has 0 bridgehead atoms. The summed E-state index contributed by atoms with van der Waals surface area (Å²) in [6.45, 7) is 6.58. The van der Waals surface area contributed by atoms with Crippen molar-refractivity contribution in [3.05, 3.63) is 35.4 Å². The second-order valence-corrected chi connectivity index (χ2v) is 5.53. The van der Waals surface area contributed by atoms with Gasteiger partial charge in [0.15, 0.2) is 0 Å². The molecule has 0 atom stereocenters. The van der Waals surface area contributed by atoms with E-state index in [1.165, 1.54) is 11.1 Å². The maximum Gasteiger partial charge on any atom is 0.233 e. The fourth-order valence-electron chi connectivity index (χ4n) is 2.40. The Balaban J connectivity index is 2.63. The van der Waals surface area contributed by atoms with Crippen molar-refractivity contribution in [2.75, 3.05) is 6.54 Å². The smallest absolute Gasteiger partial charge is 0.233 e. The third-order valence-corrected chi connectivity index (χ3v) is 4.45. The van der Waals surface area contributed by atoms with E-state index in [0.717, 1.165) is 6.42 Å². The minimum absolute atomic E-state index is 0.0522. The molecule has 0 radical (unpaired) electrons. The second kappa shape index (κ2) is 7.39. The molecule has 0 unspecified atom stereocenters. The van der Waals surface area contributed by atoms with Gasteiger partial charge < -0.3 is 11.1 Å². The molecule has 0 aliphatic carbocycles. The van der Waals surface area contributed by atoms with E-state index in [9.17, 15) is 4.79 Å². The highest BCUT2D eigenvalue weighted by Crippen LogP contribution is 2.27. The molecule has 1 amide bonds. The van der Waals surface area contributed by atoms with Crippen LogP contribution in [0, 0.1) is 12.3 Å². The Bertz CT molecular complexity index is 481. The summed E-state index contributed by atoms with van der Waals surface area (Å²) in [6.07, 6.45) is 2.09. The molecule has 1 aromatic rings. The van der Waals surface area contributed by atoms with Crippen molar-refractivity contribution < 1.29 is 4.79 Å². The topological polar surface area (TPSA) is 55.1 Å². The highest BCUT2D eigenvalue weighted by atomic mass is 32.1. The summed E-state index contributed by atoms with van der Waals surface area (Å²) in [4.78, 5) is 12.7. The summed E-state index contributed by atoms with van der Waals surface area (Å²) in [5.41, 5.74) is 7.56. The van der Waals surface area contributed by atoms with Crippen molar-refractivity contribution in [3.8, 4) is 0 Å². The average Bonchev–Trinajstić information content (AvgIpc) is 2.42. The molecule has 0 aliphatic rings. The number of hydrogen-bond acceptors (Lipinski definition) is 2. The lowest BCUT2D eigenvalue weighted by Gasteiger charge is -2.29. The van der Waals surface area contributed by atoms with Crippen molar-refractivity contribution in [2.45, 2.75) is 40.0 Å². The lowest BCUT2D eigenvalue weighted by Crippen LogP contribution is -2.48. The van der Waals surface area contributed by atoms with E-state index in [1.807, 2.05) is 26.0 Å². The Morgan fingerprint density at radius 1 is 1.30 bits per heavy atom. The number of carbonyl (C=O) groups excluding carboxylic acids is 1. The number of hydrogen-bond donors (Lipinski definition) is 2. The first-order valence-corrected chi connectivity index (χ1v) is 7.51. The lowest BCUT2D eigenvalue weighted by atomic mass is 9.81. The van der Waals surface area contributed by atoms with Gasteiger partial charge in [0.05, 0.1) is 10.4 Å². The molecule has 0 saturated carbocycles. The Labute approximate surface area is 126 Å². The van der Waals surface area contributed by atoms with E-state index >= 15 is 0 Å². The van der Waals surface area contributed by atoms with Gasteiger partial charge in [-0.3, -0.25) is 4.79 Å². The molecule has 0 aliphatic heterocycles. The van der Waals surface area contributed by atoms with Gasteiger partial charge in [-0.15, -0.1) is 0 Å². The van der Waals surface area contributed by atoms with E-state index in [1.54, 1.807) is 0 Å². The minimum atomic E-state index is -0.707. The monoisotopic (exact) mass is 292 g/mol. The number of rotatable bonds is 7. The van der Waals surface area contributed by atoms with Gasteiger partial charge in [0.25, 0.3) is 0 Å². The van der Waals surface area contributed by atoms with E-state index in [4.69, 9.17) is 18.0 Å². The number of thiocarbonyl (C=S) groups is 1. The van der Waals surface area contributed by atoms with E-state index < -0.39 is 5.41 Å². The van der Waals surface area contributed by atoms with Crippen molar-refractivity contribution in [1.29, 1.82) is 0 Å². The Hall–Kier alpha value is -1.42. The lowest BCUT2D eigenvalue weighted by molar-refractivity contribution is -0.127. The predicted molar refractivity (Wildman–Crippen MR) is 87.7 cm³/mol. The van der Waals surface area contributed by atoms with Crippen LogP contribution in [0.25, 0.3) is 0 Å². The molecule has 3 nitrogen and oxygen atoms in total. The second-order valence-electron chi connectivity index (χ2n) is 5.09. The molecular formula is C16H24N2OS. The zero-order chi connectivity index (χ0) is 15.2. The molecule has 0 fully saturated rings. The van der Waals surface area contributed by atoms with Crippen LogP contribution in [0.5, 0.6) is 0 Å². The molecule has 0 saturated heterocycles. The highest BCUT2D eigenvalue weighted by Gasteiger charge is 2.37. The van der Waals surface area contributed by atoms with Crippen molar-refractivity contribution in [2.24, 2.45) is 11.1 Å². The van der Waals surface area contributed by atoms with Crippen LogP contribution in [0.4, 0.5) is 0 Å². The molecule has 20 heavy (non-hydrogen) atoms. The van der Waals surface area contributed by atoms with Gasteiger partial charge in [0.2, 0.25) is 5.91 Å². The molecule has 0 heterocycles. The van der Waals surface area contributed by atoms with Crippen LogP contribution < -0.4 is 11.1 Å². The van der Waals surface area contributed by atoms with E-state index in [2.05, 4.69) is 24.4 Å². The molecule has 3 N–H and O–H groups in total. The molecule has 4 heteroatoms. The maximum atomic E-state index is 12.4. The summed E-state index contributed by atoms with van der Waals surface area (Å²) in [7, 11) is 0. The number of carbonyl (C=O) groups is 1. The Morgan fingerprint density at radius 3 is 2.40 bits per heavy atom. The number of nitrogens with one attached hydrogen (secondary N) is 1. The summed E-state index contributed by atoms with van der Waals surface area (Å²) >= 11 is 5.09. The van der Waals surface area contributed by atoms with Crippen LogP contribution >= 0.6 is 12.2 Å². The van der Waals surface area contributed by atoms with Gasteiger partial charge in [-0.2, -0.15) is 0 Å². The molecule has 1 aromatic carbocycles. The first-order valence-electron chi connectivity index (χ1n) is 7.10. The van der Waals surface area contributed by atoms with Gasteiger partial charge in [0, 0.05) is 6.54 Å². The first-order chi connectivity index (χ1) is 9.47. The van der Waals surface area contributed by atoms with Gasteiger partial charge >= 0.3 is 0 Å². The van der Waals surface area contributed by atoms with Crippen LogP contribution in [-0.2, 0) is 11.2 Å². The molecule has 0 spiro atoms. The van der Waals surface area contributed by atoms with Gasteiger partial charge in [-0.25, -0.2) is 0 Å². The zero-order valence-electron chi connectivity index (χ0n) is 12.5. The Morgan fingerprint density at radius 2 is 1.90 bits per heavy atom. The fraction of sp³-hybridized carbons (Fsp3) is 0.500. The first kappa shape index (κ1) is 16.6. The zero-order valence-corrected chi connectivity index (χ0v) is 13.3. The largest absolute Gasteiger partial charge is 0.392 e. The van der Waals surface area contributed by atoms with Crippen molar-refractivity contribution in [1.82, 2.24) is 5.32 Å². The van der Waals surface area contributed by atoms with Gasteiger partial charge in [-0.05, 0) is 37.3 Å². The minimum Gasteiger partial charge on any atom is -0.392 e.